The summed E-state index contributed by atoms with van der Waals surface area (Å²) < 4.78 is 13.9. The van der Waals surface area contributed by atoms with Crippen molar-refractivity contribution in [2.75, 3.05) is 0 Å². The first-order chi connectivity index (χ1) is 15.3. The van der Waals surface area contributed by atoms with Crippen LogP contribution in [-0.4, -0.2) is 9.97 Å². The standard InChI is InChI=1S/C17H11FN.C11H8N.Ir/c18-16-12-19-17(14-9-5-2-6-10-14)11-15(16)13-7-3-1-4-8-13;1-2-6-10(7-3-1)11-8-4-5-9-12-11;/h1-9,11-12H;1-6,8-9H;/q2*-1;. The third kappa shape index (κ3) is 6.04. The topological polar surface area (TPSA) is 25.8 Å². The fourth-order valence-corrected chi connectivity index (χ4v) is 3.05. The summed E-state index contributed by atoms with van der Waals surface area (Å²) in [5, 5.41) is 0. The van der Waals surface area contributed by atoms with Crippen LogP contribution in [0.25, 0.3) is 33.6 Å². The smallest absolute Gasteiger partial charge is 0.147 e. The van der Waals surface area contributed by atoms with Crippen LogP contribution in [0.3, 0.4) is 0 Å². The number of halogens is 1. The van der Waals surface area contributed by atoms with Crippen LogP contribution in [0.1, 0.15) is 0 Å². The summed E-state index contributed by atoms with van der Waals surface area (Å²) >= 11 is 0. The Morgan fingerprint density at radius 2 is 1.25 bits per heavy atom. The van der Waals surface area contributed by atoms with Gasteiger partial charge in [0.2, 0.25) is 0 Å². The second kappa shape index (κ2) is 11.8. The fraction of sp³-hybridized carbons (Fsp3) is 0. The summed E-state index contributed by atoms with van der Waals surface area (Å²) in [6.45, 7) is 0. The van der Waals surface area contributed by atoms with Crippen molar-refractivity contribution in [3.8, 4) is 33.6 Å². The van der Waals surface area contributed by atoms with Gasteiger partial charge in [-0.1, -0.05) is 48.5 Å². The van der Waals surface area contributed by atoms with E-state index in [2.05, 4.69) is 22.1 Å². The Morgan fingerprint density at radius 1 is 0.625 bits per heavy atom. The molecule has 0 bridgehead atoms. The molecule has 159 valence electrons. The number of pyridine rings is 2. The second-order valence-electron chi connectivity index (χ2n) is 6.68. The van der Waals surface area contributed by atoms with Gasteiger partial charge in [0, 0.05) is 31.9 Å². The van der Waals surface area contributed by atoms with Gasteiger partial charge in [0.1, 0.15) is 5.82 Å². The van der Waals surface area contributed by atoms with Crippen LogP contribution in [0.15, 0.2) is 116 Å². The third-order valence-corrected chi connectivity index (χ3v) is 4.58. The van der Waals surface area contributed by atoms with Gasteiger partial charge in [-0.3, -0.25) is 0 Å². The van der Waals surface area contributed by atoms with E-state index < -0.39 is 0 Å². The summed E-state index contributed by atoms with van der Waals surface area (Å²) in [5.74, 6) is -0.314. The van der Waals surface area contributed by atoms with Crippen LogP contribution in [0.4, 0.5) is 4.39 Å². The van der Waals surface area contributed by atoms with Gasteiger partial charge >= 0.3 is 0 Å². The van der Waals surface area contributed by atoms with Crippen molar-refractivity contribution in [1.29, 1.82) is 0 Å². The summed E-state index contributed by atoms with van der Waals surface area (Å²) in [6, 6.07) is 38.7. The Balaban J connectivity index is 0.000000193. The van der Waals surface area contributed by atoms with Gasteiger partial charge in [0.25, 0.3) is 0 Å². The maximum atomic E-state index is 13.9. The van der Waals surface area contributed by atoms with Crippen LogP contribution in [0.5, 0.6) is 0 Å². The first-order valence-corrected chi connectivity index (χ1v) is 9.87. The molecule has 0 amide bonds. The molecule has 4 heteroatoms. The largest absolute Gasteiger partial charge is 0.305 e. The average Bonchev–Trinajstić information content (AvgIpc) is 2.87. The first kappa shape index (κ1) is 23.2. The van der Waals surface area contributed by atoms with Crippen LogP contribution >= 0.6 is 0 Å². The Kier molecular flexibility index (Phi) is 8.56. The number of aromatic nitrogens is 2. The minimum absolute atomic E-state index is 0. The molecule has 5 rings (SSSR count). The minimum Gasteiger partial charge on any atom is -0.305 e. The molecule has 0 unspecified atom stereocenters. The maximum absolute atomic E-state index is 13.9. The molecule has 0 aliphatic heterocycles. The Bertz CT molecular complexity index is 1180. The third-order valence-electron chi connectivity index (χ3n) is 4.58. The molecule has 2 heterocycles. The second-order valence-corrected chi connectivity index (χ2v) is 6.68. The van der Waals surface area contributed by atoms with Crippen molar-refractivity contribution >= 4 is 0 Å². The molecule has 0 spiro atoms. The molecule has 1 radical (unpaired) electrons. The molecular weight excluding hydrogens is 576 g/mol. The molecule has 0 saturated heterocycles. The van der Waals surface area contributed by atoms with E-state index in [1.54, 1.807) is 12.3 Å². The quantitative estimate of drug-likeness (QED) is 0.213. The molecule has 0 saturated carbocycles. The van der Waals surface area contributed by atoms with E-state index in [1.807, 2.05) is 97.1 Å². The average molecular weight is 595 g/mol. The van der Waals surface area contributed by atoms with Gasteiger partial charge in [-0.15, -0.1) is 71.8 Å². The van der Waals surface area contributed by atoms with E-state index in [4.69, 9.17) is 0 Å². The predicted octanol–water partition coefficient (Wildman–Crippen LogP) is 6.90. The molecule has 0 aliphatic carbocycles. The molecule has 3 aromatic carbocycles. The molecule has 0 fully saturated rings. The zero-order chi connectivity index (χ0) is 21.3. The van der Waals surface area contributed by atoms with Gasteiger partial charge in [-0.25, -0.2) is 4.39 Å². The SMILES string of the molecule is Fc1cnc(-c2[c-]cccc2)cc1-c1ccccc1.[Ir].[c-]1ccccc1-c1ccccn1. The Morgan fingerprint density at radius 3 is 1.84 bits per heavy atom. The van der Waals surface area contributed by atoms with E-state index in [-0.39, 0.29) is 25.9 Å². The van der Waals surface area contributed by atoms with Crippen molar-refractivity contribution < 1.29 is 24.5 Å². The van der Waals surface area contributed by atoms with Gasteiger partial charge in [-0.05, 0) is 23.0 Å². The Hall–Kier alpha value is -3.46. The fourth-order valence-electron chi connectivity index (χ4n) is 3.05. The molecule has 5 aromatic rings. The molecule has 0 aliphatic rings. The maximum Gasteiger partial charge on any atom is 0.147 e. The summed E-state index contributed by atoms with van der Waals surface area (Å²) in [6.07, 6.45) is 3.05. The van der Waals surface area contributed by atoms with Crippen LogP contribution < -0.4 is 0 Å². The van der Waals surface area contributed by atoms with Crippen LogP contribution in [0, 0.1) is 17.9 Å². The molecule has 2 aromatic heterocycles. The molecular formula is C28H19FIrN2-2. The van der Waals surface area contributed by atoms with Gasteiger partial charge in [0.15, 0.2) is 0 Å². The molecule has 0 N–H and O–H groups in total. The normalized spacial score (nSPS) is 9.78. The zero-order valence-electron chi connectivity index (χ0n) is 17.1. The van der Waals surface area contributed by atoms with Gasteiger partial charge < -0.3 is 9.97 Å². The van der Waals surface area contributed by atoms with Crippen LogP contribution in [-0.2, 0) is 20.1 Å². The van der Waals surface area contributed by atoms with E-state index in [1.165, 1.54) is 6.20 Å². The van der Waals surface area contributed by atoms with E-state index >= 15 is 0 Å². The van der Waals surface area contributed by atoms with E-state index in [0.29, 0.717) is 5.56 Å². The number of rotatable bonds is 3. The Labute approximate surface area is 201 Å². The van der Waals surface area contributed by atoms with Gasteiger partial charge in [-0.2, -0.15) is 0 Å². The molecule has 32 heavy (non-hydrogen) atoms. The summed E-state index contributed by atoms with van der Waals surface area (Å²) in [5.41, 5.74) is 5.00. The zero-order valence-corrected chi connectivity index (χ0v) is 19.5. The first-order valence-electron chi connectivity index (χ1n) is 9.87. The predicted molar refractivity (Wildman–Crippen MR) is 122 cm³/mol. The van der Waals surface area contributed by atoms with Crippen molar-refractivity contribution in [3.05, 3.63) is 133 Å². The van der Waals surface area contributed by atoms with E-state index in [0.717, 1.165) is 28.1 Å². The number of hydrogen-bond acceptors (Lipinski definition) is 2. The number of benzene rings is 3. The number of nitrogens with zero attached hydrogens (tertiary/aromatic N) is 2. The molecule has 0 atom stereocenters. The van der Waals surface area contributed by atoms with E-state index in [9.17, 15) is 4.39 Å². The molecule has 2 nitrogen and oxygen atoms in total. The van der Waals surface area contributed by atoms with Crippen molar-refractivity contribution in [2.45, 2.75) is 0 Å². The van der Waals surface area contributed by atoms with Crippen molar-refractivity contribution in [1.82, 2.24) is 9.97 Å². The van der Waals surface area contributed by atoms with Crippen molar-refractivity contribution in [3.63, 3.8) is 0 Å². The number of hydrogen-bond donors (Lipinski definition) is 0. The summed E-state index contributed by atoms with van der Waals surface area (Å²) in [7, 11) is 0. The summed E-state index contributed by atoms with van der Waals surface area (Å²) in [4.78, 5) is 8.35. The minimum atomic E-state index is -0.314. The monoisotopic (exact) mass is 595 g/mol. The van der Waals surface area contributed by atoms with Crippen molar-refractivity contribution in [2.24, 2.45) is 0 Å². The van der Waals surface area contributed by atoms with Crippen LogP contribution in [0.2, 0.25) is 0 Å². The van der Waals surface area contributed by atoms with Gasteiger partial charge in [0.05, 0.1) is 6.20 Å².